The van der Waals surface area contributed by atoms with E-state index in [9.17, 15) is 19.2 Å². The lowest BCUT2D eigenvalue weighted by Gasteiger charge is -2.34. The van der Waals surface area contributed by atoms with Crippen LogP contribution in [0, 0.1) is 6.92 Å². The van der Waals surface area contributed by atoms with E-state index >= 15 is 0 Å². The summed E-state index contributed by atoms with van der Waals surface area (Å²) >= 11 is 0. The lowest BCUT2D eigenvalue weighted by molar-refractivity contribution is -0.142. The molecule has 0 radical (unpaired) electrons. The number of carbonyl (C=O) groups is 4. The molecule has 2 unspecified atom stereocenters. The van der Waals surface area contributed by atoms with Crippen molar-refractivity contribution in [3.05, 3.63) is 71.3 Å². The van der Waals surface area contributed by atoms with E-state index in [0.717, 1.165) is 11.1 Å². The maximum atomic E-state index is 13.8. The quantitative estimate of drug-likeness (QED) is 0.427. The van der Waals surface area contributed by atoms with E-state index in [4.69, 9.17) is 10.5 Å². The highest BCUT2D eigenvalue weighted by atomic mass is 16.6. The third kappa shape index (κ3) is 9.59. The molecule has 0 bridgehead atoms. The van der Waals surface area contributed by atoms with Crippen LogP contribution in [0.1, 0.15) is 63.3 Å². The summed E-state index contributed by atoms with van der Waals surface area (Å²) in [6, 6.07) is 14.7. The van der Waals surface area contributed by atoms with E-state index in [1.54, 1.807) is 33.8 Å². The average Bonchev–Trinajstić information content (AvgIpc) is 2.82. The number of benzene rings is 2. The predicted molar refractivity (Wildman–Crippen MR) is 141 cm³/mol. The molecule has 0 saturated heterocycles. The Morgan fingerprint density at radius 2 is 1.70 bits per heavy atom. The van der Waals surface area contributed by atoms with Gasteiger partial charge in [-0.2, -0.15) is 0 Å². The number of ether oxygens (including phenoxy) is 1. The Balaban J connectivity index is 2.38. The molecular weight excluding hydrogens is 472 g/mol. The molecule has 0 aliphatic rings. The van der Waals surface area contributed by atoms with Crippen LogP contribution in [0.25, 0.3) is 0 Å². The van der Waals surface area contributed by atoms with Crippen molar-refractivity contribution in [1.82, 2.24) is 15.5 Å². The Kier molecular flexibility index (Phi) is 10.7. The number of alkyl carbamates (subject to hydrolysis) is 1. The van der Waals surface area contributed by atoms with Crippen LogP contribution in [0.3, 0.4) is 0 Å². The Labute approximate surface area is 218 Å². The summed E-state index contributed by atoms with van der Waals surface area (Å²) in [5, 5.41) is 5.49. The number of rotatable bonds is 11. The van der Waals surface area contributed by atoms with Gasteiger partial charge in [-0.05, 0) is 52.2 Å². The van der Waals surface area contributed by atoms with Gasteiger partial charge < -0.3 is 26.0 Å². The van der Waals surface area contributed by atoms with Crippen LogP contribution < -0.4 is 16.4 Å². The van der Waals surface area contributed by atoms with Crippen LogP contribution in [-0.2, 0) is 25.7 Å². The van der Waals surface area contributed by atoms with Gasteiger partial charge in [0, 0.05) is 19.5 Å². The van der Waals surface area contributed by atoms with E-state index in [1.807, 2.05) is 55.5 Å². The van der Waals surface area contributed by atoms with Gasteiger partial charge in [0.2, 0.25) is 17.7 Å². The summed E-state index contributed by atoms with van der Waals surface area (Å²) in [6.07, 6.45) is -0.957. The van der Waals surface area contributed by atoms with Crippen molar-refractivity contribution < 1.29 is 23.9 Å². The van der Waals surface area contributed by atoms with E-state index in [1.165, 1.54) is 4.90 Å². The van der Waals surface area contributed by atoms with Crippen molar-refractivity contribution >= 4 is 23.8 Å². The molecule has 0 saturated carbocycles. The van der Waals surface area contributed by atoms with Gasteiger partial charge in [0.1, 0.15) is 17.7 Å². The number of amides is 4. The van der Waals surface area contributed by atoms with E-state index < -0.39 is 35.6 Å². The molecule has 200 valence electrons. The minimum absolute atomic E-state index is 0.0317. The van der Waals surface area contributed by atoms with Gasteiger partial charge in [-0.15, -0.1) is 0 Å². The third-order valence-electron chi connectivity index (χ3n) is 5.52. The number of nitrogens with zero attached hydrogens (tertiary/aromatic N) is 1. The molecule has 9 nitrogen and oxygen atoms in total. The summed E-state index contributed by atoms with van der Waals surface area (Å²) in [4.78, 5) is 52.7. The zero-order valence-electron chi connectivity index (χ0n) is 22.2. The van der Waals surface area contributed by atoms with Crippen LogP contribution in [0.5, 0.6) is 0 Å². The molecule has 37 heavy (non-hydrogen) atoms. The van der Waals surface area contributed by atoms with Crippen LogP contribution in [0.4, 0.5) is 4.79 Å². The molecule has 0 aliphatic heterocycles. The molecule has 0 heterocycles. The Bertz CT molecular complexity index is 1080. The van der Waals surface area contributed by atoms with Gasteiger partial charge in [0.15, 0.2) is 0 Å². The number of primary amides is 1. The van der Waals surface area contributed by atoms with Gasteiger partial charge in [-0.1, -0.05) is 60.2 Å². The molecule has 0 spiro atoms. The normalized spacial score (nSPS) is 12.7. The third-order valence-corrected chi connectivity index (χ3v) is 5.52. The van der Waals surface area contributed by atoms with Crippen LogP contribution in [0.2, 0.25) is 0 Å². The van der Waals surface area contributed by atoms with E-state index in [2.05, 4.69) is 10.6 Å². The molecule has 2 aromatic carbocycles. The van der Waals surface area contributed by atoms with Crippen molar-refractivity contribution in [2.24, 2.45) is 5.73 Å². The largest absolute Gasteiger partial charge is 0.444 e. The van der Waals surface area contributed by atoms with E-state index in [-0.39, 0.29) is 31.8 Å². The van der Waals surface area contributed by atoms with Gasteiger partial charge >= 0.3 is 6.09 Å². The molecule has 4 amide bonds. The van der Waals surface area contributed by atoms with Crippen molar-refractivity contribution in [3.8, 4) is 0 Å². The highest BCUT2D eigenvalue weighted by molar-refractivity contribution is 5.92. The monoisotopic (exact) mass is 510 g/mol. The number of nitrogens with two attached hydrogens (primary N) is 1. The van der Waals surface area contributed by atoms with Gasteiger partial charge in [0.25, 0.3) is 0 Å². The topological polar surface area (TPSA) is 131 Å². The highest BCUT2D eigenvalue weighted by Gasteiger charge is 2.35. The van der Waals surface area contributed by atoms with Crippen LogP contribution >= 0.6 is 0 Å². The highest BCUT2D eigenvalue weighted by Crippen LogP contribution is 2.24. The number of nitrogens with one attached hydrogen (secondary N) is 2. The SMILES string of the molecule is CCN(C(=O)C(CCC(N)=O)NC(=O)OC(C)(C)C)C(C(=O)NCc1ccccc1)c1cccc(C)c1. The molecule has 2 rings (SSSR count). The minimum Gasteiger partial charge on any atom is -0.444 e. The summed E-state index contributed by atoms with van der Waals surface area (Å²) in [5.41, 5.74) is 7.01. The zero-order valence-corrected chi connectivity index (χ0v) is 22.2. The number of aryl methyl sites for hydroxylation is 1. The van der Waals surface area contributed by atoms with Crippen LogP contribution in [-0.4, -0.2) is 46.9 Å². The van der Waals surface area contributed by atoms with Crippen molar-refractivity contribution in [1.29, 1.82) is 0 Å². The predicted octanol–water partition coefficient (Wildman–Crippen LogP) is 3.36. The molecule has 9 heteroatoms. The first-order chi connectivity index (χ1) is 17.4. The summed E-state index contributed by atoms with van der Waals surface area (Å²) < 4.78 is 5.32. The van der Waals surface area contributed by atoms with Crippen molar-refractivity contribution in [2.75, 3.05) is 6.54 Å². The summed E-state index contributed by atoms with van der Waals surface area (Å²) in [6.45, 7) is 9.24. The molecule has 4 N–H and O–H groups in total. The van der Waals surface area contributed by atoms with E-state index in [0.29, 0.717) is 5.56 Å². The fourth-order valence-electron chi connectivity index (χ4n) is 3.85. The van der Waals surface area contributed by atoms with Crippen molar-refractivity contribution in [2.45, 2.75) is 71.7 Å². The maximum absolute atomic E-state index is 13.8. The van der Waals surface area contributed by atoms with Gasteiger partial charge in [0.05, 0.1) is 0 Å². The molecule has 2 atom stereocenters. The Morgan fingerprint density at radius 1 is 1.03 bits per heavy atom. The van der Waals surface area contributed by atoms with Gasteiger partial charge in [-0.3, -0.25) is 14.4 Å². The van der Waals surface area contributed by atoms with Gasteiger partial charge in [-0.25, -0.2) is 4.79 Å². The Hall–Kier alpha value is -3.88. The summed E-state index contributed by atoms with van der Waals surface area (Å²) in [5.74, 6) is -1.49. The number of hydrogen-bond acceptors (Lipinski definition) is 5. The lowest BCUT2D eigenvalue weighted by Crippen LogP contribution is -2.53. The second-order valence-corrected chi connectivity index (χ2v) is 9.85. The zero-order chi connectivity index (χ0) is 27.6. The number of hydrogen-bond donors (Lipinski definition) is 3. The molecule has 0 fully saturated rings. The fraction of sp³-hybridized carbons (Fsp3) is 0.429. The summed E-state index contributed by atoms with van der Waals surface area (Å²) in [7, 11) is 0. The fourth-order valence-corrected chi connectivity index (χ4v) is 3.85. The number of likely N-dealkylation sites (N-methyl/N-ethyl adjacent to an activating group) is 1. The number of carbonyl (C=O) groups excluding carboxylic acids is 4. The first kappa shape index (κ1) is 29.4. The second kappa shape index (κ2) is 13.4. The molecule has 2 aromatic rings. The molecule has 0 aliphatic carbocycles. The van der Waals surface area contributed by atoms with Crippen LogP contribution in [0.15, 0.2) is 54.6 Å². The molecule has 0 aromatic heterocycles. The lowest BCUT2D eigenvalue weighted by atomic mass is 10.00. The standard InChI is InChI=1S/C28H38N4O5/c1-6-32(26(35)22(15-16-23(29)33)31-27(36)37-28(3,4)5)24(21-14-10-11-19(2)17-21)25(34)30-18-20-12-8-7-9-13-20/h7-14,17,22,24H,6,15-16,18H2,1-5H3,(H2,29,33)(H,30,34)(H,31,36). The van der Waals surface area contributed by atoms with Crippen molar-refractivity contribution in [3.63, 3.8) is 0 Å². The first-order valence-electron chi connectivity index (χ1n) is 12.4. The molecular formula is C28H38N4O5. The maximum Gasteiger partial charge on any atom is 0.408 e. The smallest absolute Gasteiger partial charge is 0.408 e. The minimum atomic E-state index is -1.11. The first-order valence-corrected chi connectivity index (χ1v) is 12.4. The second-order valence-electron chi connectivity index (χ2n) is 9.85. The average molecular weight is 511 g/mol. The Morgan fingerprint density at radius 3 is 2.27 bits per heavy atom.